The van der Waals surface area contributed by atoms with E-state index in [-0.39, 0.29) is 23.4 Å². The molecule has 1 unspecified atom stereocenters. The van der Waals surface area contributed by atoms with E-state index < -0.39 is 0 Å². The number of hydrogen-bond donors (Lipinski definition) is 3. The van der Waals surface area contributed by atoms with E-state index in [1.807, 2.05) is 6.92 Å². The minimum absolute atomic E-state index is 0.132. The van der Waals surface area contributed by atoms with Crippen LogP contribution in [0, 0.1) is 5.82 Å². The first kappa shape index (κ1) is 13.3. The maximum Gasteiger partial charge on any atom is 0.202 e. The van der Waals surface area contributed by atoms with E-state index in [0.717, 1.165) is 17.5 Å². The lowest BCUT2D eigenvalue weighted by atomic mass is 9.83. The van der Waals surface area contributed by atoms with Gasteiger partial charge in [0.25, 0.3) is 0 Å². The van der Waals surface area contributed by atoms with Crippen molar-refractivity contribution in [3.8, 4) is 0 Å². The fraction of sp³-hybridized carbons (Fsp3) is 0.308. The second-order valence-corrected chi connectivity index (χ2v) is 4.68. The number of benzene rings is 1. The van der Waals surface area contributed by atoms with Gasteiger partial charge in [-0.3, -0.25) is 0 Å². The summed E-state index contributed by atoms with van der Waals surface area (Å²) < 4.78 is 17.9. The summed E-state index contributed by atoms with van der Waals surface area (Å²) in [6.45, 7) is 2.52. The zero-order valence-corrected chi connectivity index (χ0v) is 11.3. The molecule has 0 bridgehead atoms. The molecule has 1 aromatic heterocycles. The summed E-state index contributed by atoms with van der Waals surface area (Å²) in [5, 5.41) is 25.8. The summed E-state index contributed by atoms with van der Waals surface area (Å²) in [6.07, 6.45) is 0.719. The van der Waals surface area contributed by atoms with Crippen molar-refractivity contribution < 1.29 is 14.2 Å². The van der Waals surface area contributed by atoms with Gasteiger partial charge in [0.15, 0.2) is 11.5 Å². The summed E-state index contributed by atoms with van der Waals surface area (Å²) in [4.78, 5) is 0. The third-order valence-corrected chi connectivity index (χ3v) is 3.38. The number of hydrogen-bond acceptors (Lipinski definition) is 6. The summed E-state index contributed by atoms with van der Waals surface area (Å²) in [5.74, 6) is 0.225. The van der Waals surface area contributed by atoms with Crippen LogP contribution in [0.3, 0.4) is 0 Å². The molecule has 2 aromatic rings. The minimum Gasteiger partial charge on any atom is -0.409 e. The smallest absolute Gasteiger partial charge is 0.202 e. The monoisotopic (exact) mass is 291 g/mol. The molecular formula is C13H14FN5O2. The van der Waals surface area contributed by atoms with Gasteiger partial charge >= 0.3 is 0 Å². The van der Waals surface area contributed by atoms with E-state index in [2.05, 4.69) is 30.7 Å². The quantitative estimate of drug-likeness (QED) is 0.343. The first-order valence-electron chi connectivity index (χ1n) is 6.56. The number of nitrogens with zero attached hydrogens (tertiary/aromatic N) is 3. The van der Waals surface area contributed by atoms with Crippen molar-refractivity contribution >= 4 is 11.7 Å². The summed E-state index contributed by atoms with van der Waals surface area (Å²) in [7, 11) is 0. The number of amidine groups is 1. The van der Waals surface area contributed by atoms with E-state index in [1.54, 1.807) is 6.07 Å². The van der Waals surface area contributed by atoms with Crippen LogP contribution in [0.1, 0.15) is 29.8 Å². The molecule has 0 aliphatic heterocycles. The third-order valence-electron chi connectivity index (χ3n) is 3.38. The second-order valence-electron chi connectivity index (χ2n) is 4.68. The number of oxime groups is 1. The highest BCUT2D eigenvalue weighted by atomic mass is 19.1. The molecule has 0 spiro atoms. The van der Waals surface area contributed by atoms with Crippen LogP contribution in [-0.2, 0) is 6.42 Å². The van der Waals surface area contributed by atoms with Crippen molar-refractivity contribution in [2.24, 2.45) is 5.16 Å². The van der Waals surface area contributed by atoms with Gasteiger partial charge in [-0.15, -0.1) is 0 Å². The Hall–Kier alpha value is -2.64. The zero-order valence-electron chi connectivity index (χ0n) is 11.3. The number of halogens is 1. The molecule has 1 aliphatic rings. The minimum atomic E-state index is -0.292. The molecule has 3 rings (SSSR count). The van der Waals surface area contributed by atoms with Crippen molar-refractivity contribution in [3.05, 3.63) is 40.8 Å². The molecule has 0 fully saturated rings. The lowest BCUT2D eigenvalue weighted by molar-refractivity contribution is 0.303. The van der Waals surface area contributed by atoms with Crippen LogP contribution >= 0.6 is 0 Å². The van der Waals surface area contributed by atoms with Crippen LogP contribution in [0.25, 0.3) is 0 Å². The Labute approximate surface area is 119 Å². The lowest BCUT2D eigenvalue weighted by Gasteiger charge is -2.31. The Balaban J connectivity index is 1.79. The number of anilines is 1. The highest BCUT2D eigenvalue weighted by Gasteiger charge is 2.29. The van der Waals surface area contributed by atoms with E-state index in [9.17, 15) is 9.60 Å². The maximum absolute atomic E-state index is 13.3. The Morgan fingerprint density at radius 1 is 1.52 bits per heavy atom. The molecule has 7 nitrogen and oxygen atoms in total. The predicted molar refractivity (Wildman–Crippen MR) is 72.8 cm³/mol. The Bertz CT molecular complexity index is 685. The molecule has 1 heterocycles. The highest BCUT2D eigenvalue weighted by molar-refractivity contribution is 6.00. The van der Waals surface area contributed by atoms with Gasteiger partial charge in [-0.25, -0.2) is 9.02 Å². The second kappa shape index (κ2) is 5.39. The zero-order chi connectivity index (χ0) is 14.8. The van der Waals surface area contributed by atoms with Crippen LogP contribution in [0.4, 0.5) is 10.2 Å². The van der Waals surface area contributed by atoms with Crippen molar-refractivity contribution in [1.29, 1.82) is 0 Å². The fourth-order valence-corrected chi connectivity index (χ4v) is 2.34. The molecule has 0 amide bonds. The van der Waals surface area contributed by atoms with Gasteiger partial charge in [0, 0.05) is 6.54 Å². The largest absolute Gasteiger partial charge is 0.409 e. The average Bonchev–Trinajstić information content (AvgIpc) is 2.91. The number of aromatic nitrogens is 2. The highest BCUT2D eigenvalue weighted by Crippen LogP contribution is 2.33. The summed E-state index contributed by atoms with van der Waals surface area (Å²) in [6, 6.07) is 4.52. The van der Waals surface area contributed by atoms with Gasteiger partial charge in [-0.05, 0) is 46.9 Å². The van der Waals surface area contributed by atoms with E-state index in [1.165, 1.54) is 12.1 Å². The van der Waals surface area contributed by atoms with Crippen molar-refractivity contribution in [3.63, 3.8) is 0 Å². The first-order chi connectivity index (χ1) is 10.2. The molecule has 0 radical (unpaired) electrons. The molecule has 0 saturated carbocycles. The van der Waals surface area contributed by atoms with Crippen molar-refractivity contribution in [1.82, 2.24) is 15.6 Å². The molecule has 0 saturated heterocycles. The number of rotatable bonds is 4. The fourth-order valence-electron chi connectivity index (χ4n) is 2.34. The third kappa shape index (κ3) is 2.39. The number of fused-ring (bicyclic) bond motifs is 1. The lowest BCUT2D eigenvalue weighted by Crippen LogP contribution is -2.36. The molecule has 21 heavy (non-hydrogen) atoms. The van der Waals surface area contributed by atoms with Crippen LogP contribution in [0.15, 0.2) is 28.0 Å². The molecule has 1 atom stereocenters. The predicted octanol–water partition coefficient (Wildman–Crippen LogP) is 1.66. The molecule has 110 valence electrons. The van der Waals surface area contributed by atoms with Gasteiger partial charge in [0.05, 0.1) is 6.04 Å². The maximum atomic E-state index is 13.3. The Kier molecular flexibility index (Phi) is 3.43. The topological polar surface area (TPSA) is 95.6 Å². The van der Waals surface area contributed by atoms with Gasteiger partial charge in [-0.2, -0.15) is 0 Å². The van der Waals surface area contributed by atoms with Crippen molar-refractivity contribution in [2.75, 3.05) is 11.9 Å². The standard InChI is InChI=1S/C13H14FN5O2/c1-2-15-12-11(18-21-19-12)13(17-20)16-10-5-7-3-4-8(14)6-9(7)10/h3-4,6,10,20H,2,5H2,1H3,(H,15,19)(H,16,17). The van der Waals surface area contributed by atoms with E-state index in [0.29, 0.717) is 12.4 Å². The Morgan fingerprint density at radius 2 is 2.38 bits per heavy atom. The van der Waals surface area contributed by atoms with Crippen LogP contribution in [0.5, 0.6) is 0 Å². The number of nitrogens with one attached hydrogen (secondary N) is 2. The van der Waals surface area contributed by atoms with Gasteiger partial charge in [-0.1, -0.05) is 11.2 Å². The van der Waals surface area contributed by atoms with Crippen LogP contribution < -0.4 is 10.6 Å². The van der Waals surface area contributed by atoms with E-state index in [4.69, 9.17) is 0 Å². The average molecular weight is 291 g/mol. The molecule has 8 heteroatoms. The molecule has 3 N–H and O–H groups in total. The van der Waals surface area contributed by atoms with E-state index >= 15 is 0 Å². The van der Waals surface area contributed by atoms with Crippen molar-refractivity contribution in [2.45, 2.75) is 19.4 Å². The first-order valence-corrected chi connectivity index (χ1v) is 6.56. The van der Waals surface area contributed by atoms with Gasteiger partial charge in [0.2, 0.25) is 5.82 Å². The molecule has 1 aromatic carbocycles. The summed E-state index contributed by atoms with van der Waals surface area (Å²) >= 11 is 0. The SMILES string of the molecule is CCNc1nonc1/C(=N/O)NC1Cc2ccc(F)cc21. The van der Waals surface area contributed by atoms with Gasteiger partial charge in [0.1, 0.15) is 5.82 Å². The van der Waals surface area contributed by atoms with Gasteiger partial charge < -0.3 is 15.8 Å². The normalized spacial score (nSPS) is 17.0. The summed E-state index contributed by atoms with van der Waals surface area (Å²) in [5.41, 5.74) is 2.19. The molecule has 1 aliphatic carbocycles. The van der Waals surface area contributed by atoms with Crippen LogP contribution in [0.2, 0.25) is 0 Å². The Morgan fingerprint density at radius 3 is 3.14 bits per heavy atom. The molecular weight excluding hydrogens is 277 g/mol. The van der Waals surface area contributed by atoms with Crippen LogP contribution in [-0.4, -0.2) is 27.9 Å².